The first-order valence-corrected chi connectivity index (χ1v) is 15.9. The Morgan fingerprint density at radius 3 is 2.14 bits per heavy atom. The molecule has 14 heteroatoms. The van der Waals surface area contributed by atoms with Gasteiger partial charge in [0.15, 0.2) is 10.9 Å². The van der Waals surface area contributed by atoms with Gasteiger partial charge in [-0.3, -0.25) is 4.90 Å². The van der Waals surface area contributed by atoms with Gasteiger partial charge >= 0.3 is 0 Å². The SMILES string of the molecule is CN1CCN(C2CCC(n3cc(-c4ccc(-c5cc(F)c(Br)cc5F)c(F)c4)c4c(N)ncnc43)CC2)CC1.N[SH](=O)=O. The Kier molecular flexibility index (Phi) is 9.71. The maximum atomic E-state index is 15.4. The van der Waals surface area contributed by atoms with E-state index in [1.165, 1.54) is 18.5 Å². The molecule has 2 aromatic heterocycles. The van der Waals surface area contributed by atoms with Gasteiger partial charge in [0.05, 0.1) is 9.86 Å². The number of fused-ring (bicyclic) bond motifs is 1. The number of piperazine rings is 1. The number of benzene rings is 2. The zero-order chi connectivity index (χ0) is 30.8. The Labute approximate surface area is 257 Å². The summed E-state index contributed by atoms with van der Waals surface area (Å²) in [6.07, 6.45) is 7.72. The van der Waals surface area contributed by atoms with Crippen LogP contribution in [0.25, 0.3) is 33.3 Å². The quantitative estimate of drug-likeness (QED) is 0.211. The summed E-state index contributed by atoms with van der Waals surface area (Å²) in [5, 5.41) is 4.74. The van der Waals surface area contributed by atoms with Crippen molar-refractivity contribution in [2.75, 3.05) is 39.0 Å². The molecule has 0 unspecified atom stereocenters. The number of nitrogens with two attached hydrogens (primary N) is 2. The molecule has 0 atom stereocenters. The molecule has 0 bridgehead atoms. The van der Waals surface area contributed by atoms with Gasteiger partial charge in [-0.15, -0.1) is 0 Å². The Morgan fingerprint density at radius 1 is 0.860 bits per heavy atom. The van der Waals surface area contributed by atoms with E-state index in [9.17, 15) is 8.78 Å². The van der Waals surface area contributed by atoms with Crippen LogP contribution in [-0.2, 0) is 10.9 Å². The topological polar surface area (TPSA) is 123 Å². The van der Waals surface area contributed by atoms with Gasteiger partial charge in [-0.1, -0.05) is 12.1 Å². The lowest BCUT2D eigenvalue weighted by atomic mass is 9.89. The zero-order valence-corrected chi connectivity index (χ0v) is 26.0. The molecule has 1 saturated heterocycles. The molecule has 2 fully saturated rings. The first kappa shape index (κ1) is 31.4. The normalized spacial score (nSPS) is 19.9. The number of hydrogen-bond donors (Lipinski definition) is 3. The maximum absolute atomic E-state index is 15.4. The number of rotatable bonds is 4. The van der Waals surface area contributed by atoms with Crippen LogP contribution >= 0.6 is 15.9 Å². The van der Waals surface area contributed by atoms with Crippen molar-refractivity contribution in [2.45, 2.75) is 37.8 Å². The molecule has 230 valence electrons. The van der Waals surface area contributed by atoms with Crippen LogP contribution in [-0.4, -0.2) is 72.0 Å². The third-order valence-corrected chi connectivity index (χ3v) is 8.94. The van der Waals surface area contributed by atoms with Gasteiger partial charge < -0.3 is 15.2 Å². The third-order valence-electron chi connectivity index (χ3n) is 8.33. The van der Waals surface area contributed by atoms with Crippen LogP contribution in [0.5, 0.6) is 0 Å². The number of thiol groups is 1. The van der Waals surface area contributed by atoms with Crippen LogP contribution in [0.1, 0.15) is 31.7 Å². The van der Waals surface area contributed by atoms with E-state index in [-0.39, 0.29) is 21.6 Å². The third kappa shape index (κ3) is 6.88. The smallest absolute Gasteiger partial charge is 0.198 e. The van der Waals surface area contributed by atoms with Crippen molar-refractivity contribution in [1.29, 1.82) is 0 Å². The molecule has 0 amide bonds. The fraction of sp³-hybridized carbons (Fsp3) is 0.379. The van der Waals surface area contributed by atoms with Crippen molar-refractivity contribution in [1.82, 2.24) is 24.3 Å². The molecule has 2 aliphatic rings. The number of halogens is 4. The standard InChI is InChI=1S/C29H30BrF3N6.H3NO2S/c1-37-8-10-38(11-9-37)18-3-5-19(6-4-18)39-15-22(27-28(34)35-16-36-29(27)39)17-2-7-20(24(31)12-17)21-13-26(33)23(30)14-25(21)32;1-4(2)3/h2,7,12-16,18-19H,3-6,8-11H2,1H3,(H2,34,35,36);4H,(H2,1,2,3). The summed E-state index contributed by atoms with van der Waals surface area (Å²) in [4.78, 5) is 13.8. The molecule has 4 aromatic rings. The second kappa shape index (κ2) is 13.3. The molecular formula is C29H33BrF3N7O2S. The Morgan fingerprint density at radius 2 is 1.49 bits per heavy atom. The minimum absolute atomic E-state index is 0.0124. The molecule has 1 aliphatic heterocycles. The second-order valence-electron chi connectivity index (χ2n) is 10.9. The Balaban J connectivity index is 0.000000868. The summed E-state index contributed by atoms with van der Waals surface area (Å²) in [6.45, 7) is 4.45. The van der Waals surface area contributed by atoms with E-state index in [4.69, 9.17) is 14.2 Å². The predicted octanol–water partition coefficient (Wildman–Crippen LogP) is 4.73. The zero-order valence-electron chi connectivity index (χ0n) is 23.5. The average molecular weight is 681 g/mol. The van der Waals surface area contributed by atoms with Gasteiger partial charge in [0, 0.05) is 61.1 Å². The molecular weight excluding hydrogens is 647 g/mol. The molecule has 4 N–H and O–H groups in total. The lowest BCUT2D eigenvalue weighted by molar-refractivity contribution is 0.0828. The van der Waals surface area contributed by atoms with Gasteiger partial charge in [0.1, 0.15) is 35.2 Å². The fourth-order valence-electron chi connectivity index (χ4n) is 6.12. The molecule has 1 aliphatic carbocycles. The Bertz CT molecular complexity index is 1690. The van der Waals surface area contributed by atoms with E-state index >= 15 is 4.39 Å². The lowest BCUT2D eigenvalue weighted by Gasteiger charge is -2.41. The van der Waals surface area contributed by atoms with Gasteiger partial charge in [-0.2, -0.15) is 0 Å². The fourth-order valence-corrected chi connectivity index (χ4v) is 6.44. The van der Waals surface area contributed by atoms with Crippen molar-refractivity contribution < 1.29 is 21.6 Å². The van der Waals surface area contributed by atoms with E-state index in [1.54, 1.807) is 6.07 Å². The van der Waals surface area contributed by atoms with Crippen LogP contribution < -0.4 is 10.9 Å². The number of nitrogen functional groups attached to an aromatic ring is 1. The lowest BCUT2D eigenvalue weighted by Crippen LogP contribution is -2.49. The largest absolute Gasteiger partial charge is 0.383 e. The van der Waals surface area contributed by atoms with Gasteiger partial charge in [-0.05, 0) is 72.4 Å². The molecule has 3 heterocycles. The highest BCUT2D eigenvalue weighted by molar-refractivity contribution is 9.10. The average Bonchev–Trinajstić information content (AvgIpc) is 3.36. The molecule has 6 rings (SSSR count). The van der Waals surface area contributed by atoms with Crippen molar-refractivity contribution >= 4 is 43.7 Å². The van der Waals surface area contributed by atoms with E-state index < -0.39 is 28.3 Å². The van der Waals surface area contributed by atoms with E-state index in [0.29, 0.717) is 22.8 Å². The number of aromatic nitrogens is 3. The van der Waals surface area contributed by atoms with E-state index in [2.05, 4.69) is 52.5 Å². The first-order chi connectivity index (χ1) is 20.5. The molecule has 1 saturated carbocycles. The highest BCUT2D eigenvalue weighted by Gasteiger charge is 2.30. The van der Waals surface area contributed by atoms with Crippen molar-refractivity contribution in [3.8, 4) is 22.3 Å². The highest BCUT2D eigenvalue weighted by atomic mass is 79.9. The molecule has 0 radical (unpaired) electrons. The monoisotopic (exact) mass is 679 g/mol. The minimum Gasteiger partial charge on any atom is -0.383 e. The number of anilines is 1. The minimum atomic E-state index is -2.62. The van der Waals surface area contributed by atoms with Crippen LogP contribution in [0.3, 0.4) is 0 Å². The van der Waals surface area contributed by atoms with Crippen LogP contribution in [0.2, 0.25) is 0 Å². The van der Waals surface area contributed by atoms with Gasteiger partial charge in [0.25, 0.3) is 0 Å². The summed E-state index contributed by atoms with van der Waals surface area (Å²) in [7, 11) is -0.445. The Hall–Kier alpha value is -3.04. The van der Waals surface area contributed by atoms with Crippen LogP contribution in [0.4, 0.5) is 19.0 Å². The predicted molar refractivity (Wildman–Crippen MR) is 165 cm³/mol. The molecule has 2 aromatic carbocycles. The number of likely N-dealkylation sites (N-methyl/N-ethyl adjacent to an activating group) is 1. The van der Waals surface area contributed by atoms with E-state index in [0.717, 1.165) is 75.2 Å². The number of nitrogens with zero attached hydrogens (tertiary/aromatic N) is 5. The van der Waals surface area contributed by atoms with E-state index in [1.807, 2.05) is 6.20 Å². The highest BCUT2D eigenvalue weighted by Crippen LogP contribution is 2.40. The number of hydrogen-bond acceptors (Lipinski definition) is 7. The molecule has 9 nitrogen and oxygen atoms in total. The van der Waals surface area contributed by atoms with Gasteiger partial charge in [0.2, 0.25) is 0 Å². The summed E-state index contributed by atoms with van der Waals surface area (Å²) < 4.78 is 63.8. The van der Waals surface area contributed by atoms with Crippen molar-refractivity contribution in [3.63, 3.8) is 0 Å². The van der Waals surface area contributed by atoms with Crippen molar-refractivity contribution in [2.24, 2.45) is 5.14 Å². The van der Waals surface area contributed by atoms with Gasteiger partial charge in [-0.25, -0.2) is 36.7 Å². The molecule has 0 spiro atoms. The summed E-state index contributed by atoms with van der Waals surface area (Å²) >= 11 is 2.96. The molecule has 43 heavy (non-hydrogen) atoms. The second-order valence-corrected chi connectivity index (χ2v) is 12.4. The van der Waals surface area contributed by atoms with Crippen LogP contribution in [0, 0.1) is 17.5 Å². The summed E-state index contributed by atoms with van der Waals surface area (Å²) in [5.41, 5.74) is 8.18. The van der Waals surface area contributed by atoms with Crippen LogP contribution in [0.15, 0.2) is 47.3 Å². The first-order valence-electron chi connectivity index (χ1n) is 13.9. The summed E-state index contributed by atoms with van der Waals surface area (Å²) in [5.74, 6) is -1.70. The van der Waals surface area contributed by atoms with Crippen molar-refractivity contribution in [3.05, 3.63) is 64.8 Å². The summed E-state index contributed by atoms with van der Waals surface area (Å²) in [6, 6.07) is 7.36. The maximum Gasteiger partial charge on any atom is 0.198 e.